The molecular weight excluding hydrogens is 432 g/mol. The molecule has 1 aliphatic carbocycles. The molecule has 34 heavy (non-hydrogen) atoms. The van der Waals surface area contributed by atoms with E-state index in [1.165, 1.54) is 0 Å². The van der Waals surface area contributed by atoms with Crippen molar-refractivity contribution in [3.8, 4) is 6.07 Å². The Balaban J connectivity index is 1.28. The average molecular weight is 464 g/mol. The fraction of sp³-hybridized carbons (Fsp3) is 0.560. The summed E-state index contributed by atoms with van der Waals surface area (Å²) in [7, 11) is 0. The highest BCUT2D eigenvalue weighted by Crippen LogP contribution is 2.41. The van der Waals surface area contributed by atoms with Crippen molar-refractivity contribution in [3.05, 3.63) is 42.4 Å². The average Bonchev–Trinajstić information content (AvgIpc) is 3.52. The lowest BCUT2D eigenvalue weighted by atomic mass is 9.77. The summed E-state index contributed by atoms with van der Waals surface area (Å²) in [6, 6.07) is 7.79. The first-order valence-electron chi connectivity index (χ1n) is 12.0. The standard InChI is InChI=1S/C25H31N6O3/c1-4-31-17-33-22(28-31)24(2,3)14-30-15-25(34-23(30)32)9-5-6-19(11-25)13-29-16-27-20-8-7-18(12-26)10-21(20)29/h7-8,10,16-17,19H,4-6,9,11,13-15H2,1-3H3/q+1/t19-,25-/m0/s1. The maximum atomic E-state index is 12.9. The lowest BCUT2D eigenvalue weighted by Gasteiger charge is -2.36. The van der Waals surface area contributed by atoms with Gasteiger partial charge in [0.05, 0.1) is 41.0 Å². The van der Waals surface area contributed by atoms with Crippen molar-refractivity contribution < 1.29 is 18.6 Å². The van der Waals surface area contributed by atoms with Crippen molar-refractivity contribution in [2.24, 2.45) is 5.92 Å². The van der Waals surface area contributed by atoms with E-state index in [0.717, 1.165) is 49.8 Å². The van der Waals surface area contributed by atoms with Gasteiger partial charge in [-0.15, -0.1) is 0 Å². The molecule has 0 radical (unpaired) electrons. The second-order valence-electron chi connectivity index (χ2n) is 10.3. The molecule has 1 aromatic carbocycles. The molecule has 1 saturated carbocycles. The molecule has 5 rings (SSSR count). The van der Waals surface area contributed by atoms with Crippen LogP contribution in [0.4, 0.5) is 4.79 Å². The largest absolute Gasteiger partial charge is 0.441 e. The summed E-state index contributed by atoms with van der Waals surface area (Å²) in [4.78, 5) is 19.2. The molecular formula is C25H31N6O3+. The number of nitrogens with zero attached hydrogens (tertiary/aromatic N) is 6. The number of benzene rings is 1. The molecule has 9 nitrogen and oxygen atoms in total. The Bertz CT molecular complexity index is 1260. The molecule has 0 bridgehead atoms. The Hall–Kier alpha value is -3.41. The molecule has 178 valence electrons. The number of aromatic nitrogens is 4. The maximum absolute atomic E-state index is 12.9. The van der Waals surface area contributed by atoms with E-state index >= 15 is 0 Å². The van der Waals surface area contributed by atoms with Crippen molar-refractivity contribution in [3.63, 3.8) is 0 Å². The van der Waals surface area contributed by atoms with Crippen LogP contribution in [0.2, 0.25) is 0 Å². The van der Waals surface area contributed by atoms with Gasteiger partial charge in [0, 0.05) is 18.2 Å². The number of fused-ring (bicyclic) bond motifs is 1. The normalized spacial score (nSPS) is 22.9. The lowest BCUT2D eigenvalue weighted by molar-refractivity contribution is -0.751. The van der Waals surface area contributed by atoms with Crippen LogP contribution in [0.25, 0.3) is 11.0 Å². The van der Waals surface area contributed by atoms with Crippen molar-refractivity contribution >= 4 is 17.1 Å². The third kappa shape index (κ3) is 4.13. The van der Waals surface area contributed by atoms with Gasteiger partial charge in [0.15, 0.2) is 6.54 Å². The SMILES string of the molecule is CC[n+]1coc(C(C)(C)CN2C[C@@]3(CCC[C@H](Cn4cnc5ccc(C#N)cc54)C3)OC2=O)n1. The minimum absolute atomic E-state index is 0.254. The Labute approximate surface area is 198 Å². The molecule has 1 amide bonds. The topological polar surface area (TPSA) is 101 Å². The molecule has 0 N–H and O–H groups in total. The highest BCUT2D eigenvalue weighted by atomic mass is 16.6. The van der Waals surface area contributed by atoms with Gasteiger partial charge < -0.3 is 18.6 Å². The van der Waals surface area contributed by atoms with Crippen LogP contribution in [0.5, 0.6) is 0 Å². The van der Waals surface area contributed by atoms with Gasteiger partial charge in [0.2, 0.25) is 0 Å². The van der Waals surface area contributed by atoms with Crippen LogP contribution < -0.4 is 4.68 Å². The van der Waals surface area contributed by atoms with Gasteiger partial charge in [-0.2, -0.15) is 5.26 Å². The molecule has 3 aromatic rings. The van der Waals surface area contributed by atoms with Crippen molar-refractivity contribution in [2.75, 3.05) is 13.1 Å². The monoisotopic (exact) mass is 463 g/mol. The number of hydrogen-bond acceptors (Lipinski definition) is 6. The number of hydrogen-bond donors (Lipinski definition) is 0. The van der Waals surface area contributed by atoms with Crippen LogP contribution in [-0.4, -0.2) is 44.3 Å². The number of ether oxygens (including phenoxy) is 1. The fourth-order valence-electron chi connectivity index (χ4n) is 5.46. The molecule has 1 spiro atoms. The molecule has 2 aromatic heterocycles. The summed E-state index contributed by atoms with van der Waals surface area (Å²) in [6.45, 7) is 8.70. The zero-order valence-electron chi connectivity index (χ0n) is 20.0. The van der Waals surface area contributed by atoms with Gasteiger partial charge in [0.1, 0.15) is 5.60 Å². The highest BCUT2D eigenvalue weighted by Gasteiger charge is 2.49. The van der Waals surface area contributed by atoms with E-state index in [1.54, 1.807) is 17.1 Å². The van der Waals surface area contributed by atoms with Crippen molar-refractivity contribution in [1.29, 1.82) is 5.26 Å². The number of aryl methyl sites for hydroxylation is 1. The van der Waals surface area contributed by atoms with E-state index in [-0.39, 0.29) is 6.09 Å². The zero-order chi connectivity index (χ0) is 23.9. The first-order valence-corrected chi connectivity index (χ1v) is 12.0. The summed E-state index contributed by atoms with van der Waals surface area (Å²) in [6.07, 6.45) is 7.01. The lowest BCUT2D eigenvalue weighted by Crippen LogP contribution is -2.43. The molecule has 2 fully saturated rings. The van der Waals surface area contributed by atoms with E-state index in [1.807, 2.05) is 44.1 Å². The predicted molar refractivity (Wildman–Crippen MR) is 123 cm³/mol. The van der Waals surface area contributed by atoms with Crippen LogP contribution in [0.1, 0.15) is 57.9 Å². The van der Waals surface area contributed by atoms with Crippen molar-refractivity contribution in [1.82, 2.24) is 19.5 Å². The van der Waals surface area contributed by atoms with E-state index in [2.05, 4.69) is 20.7 Å². The van der Waals surface area contributed by atoms with Crippen LogP contribution in [0, 0.1) is 17.2 Å². The summed E-state index contributed by atoms with van der Waals surface area (Å²) in [5.74, 6) is 0.987. The minimum Gasteiger partial charge on any atom is -0.441 e. The van der Waals surface area contributed by atoms with Gasteiger partial charge in [-0.25, -0.2) is 9.78 Å². The number of amides is 1. The van der Waals surface area contributed by atoms with Crippen LogP contribution in [-0.2, 0) is 23.2 Å². The van der Waals surface area contributed by atoms with Crippen molar-refractivity contribution in [2.45, 2.75) is 70.6 Å². The Kier molecular flexibility index (Phi) is 5.54. The number of rotatable bonds is 6. The molecule has 9 heteroatoms. The van der Waals surface area contributed by atoms with Crippen LogP contribution in [0.3, 0.4) is 0 Å². The summed E-state index contributed by atoms with van der Waals surface area (Å²) in [5.41, 5.74) is 1.62. The number of carbonyl (C=O) groups excluding carboxylic acids is 1. The Morgan fingerprint density at radius 2 is 2.24 bits per heavy atom. The van der Waals surface area contributed by atoms with Gasteiger partial charge in [-0.1, -0.05) is 4.68 Å². The Morgan fingerprint density at radius 3 is 3.00 bits per heavy atom. The maximum Gasteiger partial charge on any atom is 0.410 e. The summed E-state index contributed by atoms with van der Waals surface area (Å²) in [5, 5.41) is 13.8. The minimum atomic E-state index is -0.454. The first kappa shape index (κ1) is 22.4. The van der Waals surface area contributed by atoms with E-state index in [4.69, 9.17) is 9.15 Å². The first-order chi connectivity index (χ1) is 16.3. The van der Waals surface area contributed by atoms with E-state index < -0.39 is 11.0 Å². The number of imidazole rings is 1. The quantitative estimate of drug-likeness (QED) is 0.518. The van der Waals surface area contributed by atoms with E-state index in [9.17, 15) is 10.1 Å². The predicted octanol–water partition coefficient (Wildman–Crippen LogP) is 3.56. The van der Waals surface area contributed by atoms with Gasteiger partial charge in [-0.3, -0.25) is 0 Å². The second-order valence-corrected chi connectivity index (χ2v) is 10.3. The number of nitriles is 1. The summed E-state index contributed by atoms with van der Waals surface area (Å²) >= 11 is 0. The van der Waals surface area contributed by atoms with Crippen LogP contribution >= 0.6 is 0 Å². The van der Waals surface area contributed by atoms with Gasteiger partial charge >= 0.3 is 12.5 Å². The fourth-order valence-corrected chi connectivity index (χ4v) is 5.46. The molecule has 3 heterocycles. The third-order valence-electron chi connectivity index (χ3n) is 7.15. The van der Waals surface area contributed by atoms with E-state index in [0.29, 0.717) is 30.5 Å². The summed E-state index contributed by atoms with van der Waals surface area (Å²) < 4.78 is 15.6. The Morgan fingerprint density at radius 1 is 1.38 bits per heavy atom. The molecule has 1 aliphatic heterocycles. The zero-order valence-corrected chi connectivity index (χ0v) is 20.0. The third-order valence-corrected chi connectivity index (χ3v) is 7.15. The number of carbonyl (C=O) groups is 1. The molecule has 1 saturated heterocycles. The van der Waals surface area contributed by atoms with Crippen LogP contribution in [0.15, 0.2) is 35.3 Å². The molecule has 2 atom stereocenters. The highest BCUT2D eigenvalue weighted by molar-refractivity contribution is 5.77. The second kappa shape index (κ2) is 8.42. The van der Waals surface area contributed by atoms with Gasteiger partial charge in [-0.05, 0) is 70.6 Å². The molecule has 0 unspecified atom stereocenters. The molecule has 2 aliphatic rings. The smallest absolute Gasteiger partial charge is 0.410 e. The van der Waals surface area contributed by atoms with Gasteiger partial charge in [0.25, 0.3) is 5.89 Å².